The van der Waals surface area contributed by atoms with Crippen LogP contribution < -0.4 is 16.4 Å². The van der Waals surface area contributed by atoms with Crippen molar-refractivity contribution in [2.45, 2.75) is 19.8 Å². The van der Waals surface area contributed by atoms with Gasteiger partial charge in [-0.1, -0.05) is 18.2 Å². The van der Waals surface area contributed by atoms with Gasteiger partial charge in [0.15, 0.2) is 16.8 Å². The zero-order valence-corrected chi connectivity index (χ0v) is 16.4. The number of Topliss-reactive ketones (excluding diaryl/α,β-unsaturated/α-hetero) is 1. The summed E-state index contributed by atoms with van der Waals surface area (Å²) in [5.74, 6) is -0.408. The number of benzene rings is 2. The van der Waals surface area contributed by atoms with Gasteiger partial charge in [-0.2, -0.15) is 0 Å². The number of carbonyl (C=O) groups excluding carboxylic acids is 2. The van der Waals surface area contributed by atoms with Crippen LogP contribution in [0.4, 0.5) is 17.1 Å². The molecule has 1 heterocycles. The molecule has 0 atom stereocenters. The fourth-order valence-corrected chi connectivity index (χ4v) is 3.27. The lowest BCUT2D eigenvalue weighted by Crippen LogP contribution is -2.26. The predicted molar refractivity (Wildman–Crippen MR) is 115 cm³/mol. The highest BCUT2D eigenvalue weighted by Gasteiger charge is 2.17. The second-order valence-corrected chi connectivity index (χ2v) is 7.05. The molecule has 4 rings (SSSR count). The number of rotatable bonds is 6. The van der Waals surface area contributed by atoms with Crippen molar-refractivity contribution in [3.63, 3.8) is 0 Å². The lowest BCUT2D eigenvalue weighted by molar-refractivity contribution is 0.0958. The molecule has 8 heteroatoms. The molecule has 0 spiro atoms. The Kier molecular flexibility index (Phi) is 5.30. The van der Waals surface area contributed by atoms with Crippen LogP contribution in [0.5, 0.6) is 0 Å². The van der Waals surface area contributed by atoms with E-state index >= 15 is 0 Å². The first-order chi connectivity index (χ1) is 14.5. The number of hydrogen-bond donors (Lipinski definition) is 3. The summed E-state index contributed by atoms with van der Waals surface area (Å²) in [6, 6.07) is 8.37. The molecule has 4 N–H and O–H groups in total. The second kappa shape index (κ2) is 8.20. The lowest BCUT2D eigenvalue weighted by atomic mass is 10.0. The van der Waals surface area contributed by atoms with Gasteiger partial charge in [-0.05, 0) is 66.0 Å². The molecule has 0 saturated carbocycles. The number of nitrogens with zero attached hydrogens (tertiary/aromatic N) is 2. The molecule has 30 heavy (non-hydrogen) atoms. The van der Waals surface area contributed by atoms with Gasteiger partial charge in [0.05, 0.1) is 22.6 Å². The van der Waals surface area contributed by atoms with Gasteiger partial charge in [-0.25, -0.2) is 4.63 Å². The molecule has 0 radical (unpaired) electrons. The number of carbonyl (C=O) groups is 2. The Morgan fingerprint density at radius 1 is 1.10 bits per heavy atom. The first kappa shape index (κ1) is 19.4. The maximum Gasteiger partial charge on any atom is 0.253 e. The van der Waals surface area contributed by atoms with E-state index in [1.807, 2.05) is 6.08 Å². The summed E-state index contributed by atoms with van der Waals surface area (Å²) in [5.41, 5.74) is 10.2. The highest BCUT2D eigenvalue weighted by Crippen LogP contribution is 2.30. The van der Waals surface area contributed by atoms with Crippen LogP contribution in [-0.2, 0) is 0 Å². The Morgan fingerprint density at radius 2 is 1.90 bits per heavy atom. The van der Waals surface area contributed by atoms with Crippen molar-refractivity contribution >= 4 is 39.8 Å². The molecule has 1 aliphatic rings. The largest absolute Gasteiger partial charge is 0.397 e. The third kappa shape index (κ3) is 3.93. The summed E-state index contributed by atoms with van der Waals surface area (Å²) in [4.78, 5) is 24.8. The normalized spacial score (nSPS) is 13.2. The lowest BCUT2D eigenvalue weighted by Gasteiger charge is -2.15. The number of hydrogen-bond acceptors (Lipinski definition) is 7. The molecule has 0 fully saturated rings. The molecule has 0 unspecified atom stereocenters. The second-order valence-electron chi connectivity index (χ2n) is 7.05. The highest BCUT2D eigenvalue weighted by atomic mass is 16.6. The maximum atomic E-state index is 13.0. The van der Waals surface area contributed by atoms with E-state index in [1.54, 1.807) is 30.3 Å². The van der Waals surface area contributed by atoms with Crippen LogP contribution in [0.2, 0.25) is 0 Å². The molecule has 0 saturated heterocycles. The Bertz CT molecular complexity index is 1190. The number of fused-ring (bicyclic) bond motifs is 1. The molecular weight excluding hydrogens is 382 g/mol. The van der Waals surface area contributed by atoms with Gasteiger partial charge in [0.2, 0.25) is 0 Å². The molecule has 1 amide bonds. The van der Waals surface area contributed by atoms with E-state index in [4.69, 9.17) is 10.4 Å². The average molecular weight is 403 g/mol. The molecule has 152 valence electrons. The van der Waals surface area contributed by atoms with E-state index in [-0.39, 0.29) is 11.7 Å². The SMILES string of the molecule is CC(=O)c1ccc(Nc2ccc(N)c3nonc23)c(C(=O)NCC2=CCCC=C2)c1. The molecule has 3 aromatic rings. The summed E-state index contributed by atoms with van der Waals surface area (Å²) in [7, 11) is 0. The van der Waals surface area contributed by atoms with Crippen LogP contribution in [0.25, 0.3) is 11.0 Å². The molecule has 2 aromatic carbocycles. The predicted octanol–water partition coefficient (Wildman–Crippen LogP) is 3.76. The van der Waals surface area contributed by atoms with Gasteiger partial charge >= 0.3 is 0 Å². The molecular formula is C22H21N5O3. The van der Waals surface area contributed by atoms with E-state index in [1.165, 1.54) is 6.92 Å². The van der Waals surface area contributed by atoms with Gasteiger partial charge in [0.25, 0.3) is 5.91 Å². The van der Waals surface area contributed by atoms with Crippen LogP contribution in [0.1, 0.15) is 40.5 Å². The van der Waals surface area contributed by atoms with Gasteiger partial charge in [-0.3, -0.25) is 9.59 Å². The quantitative estimate of drug-likeness (QED) is 0.423. The van der Waals surface area contributed by atoms with E-state index in [0.717, 1.165) is 18.4 Å². The van der Waals surface area contributed by atoms with Crippen LogP contribution in [0.15, 0.2) is 58.8 Å². The van der Waals surface area contributed by atoms with Crippen molar-refractivity contribution in [1.29, 1.82) is 0 Å². The van der Waals surface area contributed by atoms with E-state index in [0.29, 0.717) is 45.8 Å². The summed E-state index contributed by atoms with van der Waals surface area (Å²) < 4.78 is 4.80. The third-order valence-electron chi connectivity index (χ3n) is 4.91. The number of anilines is 3. The number of allylic oxidation sites excluding steroid dienone is 2. The summed E-state index contributed by atoms with van der Waals surface area (Å²) in [6.07, 6.45) is 8.18. The molecule has 1 aliphatic carbocycles. The molecule has 8 nitrogen and oxygen atoms in total. The Labute approximate surface area is 172 Å². The third-order valence-corrected chi connectivity index (χ3v) is 4.91. The first-order valence-electron chi connectivity index (χ1n) is 9.59. The summed E-state index contributed by atoms with van der Waals surface area (Å²) in [5, 5.41) is 13.8. The first-order valence-corrected chi connectivity index (χ1v) is 9.59. The van der Waals surface area contributed by atoms with Gasteiger partial charge in [0.1, 0.15) is 0 Å². The Morgan fingerprint density at radius 3 is 2.67 bits per heavy atom. The number of nitrogen functional groups attached to an aromatic ring is 1. The maximum absolute atomic E-state index is 13.0. The zero-order chi connectivity index (χ0) is 21.1. The topological polar surface area (TPSA) is 123 Å². The number of nitrogens with one attached hydrogen (secondary N) is 2. The molecule has 0 aliphatic heterocycles. The van der Waals surface area contributed by atoms with Crippen molar-refractivity contribution in [1.82, 2.24) is 15.6 Å². The smallest absolute Gasteiger partial charge is 0.253 e. The molecule has 0 bridgehead atoms. The standard InChI is InChI=1S/C22H21N5O3/c1-13(28)15-7-9-18(25-19-10-8-17(23)20-21(19)27-30-26-20)16(11-15)22(29)24-12-14-5-3-2-4-6-14/h3,5-11,25H,2,4,12,23H2,1H3,(H,24,29). The number of aromatic nitrogens is 2. The zero-order valence-electron chi connectivity index (χ0n) is 16.4. The minimum Gasteiger partial charge on any atom is -0.397 e. The van der Waals surface area contributed by atoms with E-state index in [9.17, 15) is 9.59 Å². The number of nitrogens with two attached hydrogens (primary N) is 1. The monoisotopic (exact) mass is 403 g/mol. The Balaban J connectivity index is 1.65. The van der Waals surface area contributed by atoms with Crippen LogP contribution in [0, 0.1) is 0 Å². The van der Waals surface area contributed by atoms with Crippen LogP contribution >= 0.6 is 0 Å². The van der Waals surface area contributed by atoms with Crippen LogP contribution in [0.3, 0.4) is 0 Å². The minimum atomic E-state index is -0.287. The van der Waals surface area contributed by atoms with Crippen molar-refractivity contribution in [2.24, 2.45) is 0 Å². The molecule has 1 aromatic heterocycles. The van der Waals surface area contributed by atoms with Crippen molar-refractivity contribution in [3.8, 4) is 0 Å². The average Bonchev–Trinajstić information content (AvgIpc) is 3.26. The van der Waals surface area contributed by atoms with Crippen LogP contribution in [-0.4, -0.2) is 28.5 Å². The van der Waals surface area contributed by atoms with Gasteiger partial charge in [-0.15, -0.1) is 0 Å². The number of ketones is 1. The minimum absolute atomic E-state index is 0.121. The van der Waals surface area contributed by atoms with Crippen molar-refractivity contribution < 1.29 is 14.2 Å². The fraction of sp³-hybridized carbons (Fsp3) is 0.182. The van der Waals surface area contributed by atoms with E-state index in [2.05, 4.69) is 33.1 Å². The Hall–Kier alpha value is -3.94. The highest BCUT2D eigenvalue weighted by molar-refractivity contribution is 6.05. The summed E-state index contributed by atoms with van der Waals surface area (Å²) >= 11 is 0. The summed E-state index contributed by atoms with van der Waals surface area (Å²) in [6.45, 7) is 1.88. The van der Waals surface area contributed by atoms with Gasteiger partial charge < -0.3 is 16.4 Å². The fourth-order valence-electron chi connectivity index (χ4n) is 3.27. The number of amides is 1. The van der Waals surface area contributed by atoms with Crippen molar-refractivity contribution in [2.75, 3.05) is 17.6 Å². The van der Waals surface area contributed by atoms with Crippen molar-refractivity contribution in [3.05, 3.63) is 65.3 Å². The van der Waals surface area contributed by atoms with E-state index < -0.39 is 0 Å². The van der Waals surface area contributed by atoms with Gasteiger partial charge in [0, 0.05) is 12.1 Å².